The van der Waals surface area contributed by atoms with Gasteiger partial charge in [0.2, 0.25) is 0 Å². The molecule has 1 fully saturated rings. The number of nitrogens with one attached hydrogen (secondary N) is 1. The number of hydrogen-bond acceptors (Lipinski definition) is 4. The fraction of sp³-hybridized carbons (Fsp3) is 0.333. The van der Waals surface area contributed by atoms with Crippen LogP contribution in [0.2, 0.25) is 0 Å². The number of amides is 2. The van der Waals surface area contributed by atoms with E-state index in [1.165, 1.54) is 11.3 Å². The highest BCUT2D eigenvalue weighted by molar-refractivity contribution is 9.10. The van der Waals surface area contributed by atoms with Crippen molar-refractivity contribution in [1.29, 1.82) is 0 Å². The van der Waals surface area contributed by atoms with Crippen LogP contribution in [-0.4, -0.2) is 60.9 Å². The molecular weight excluding hydrogens is 402 g/mol. The highest BCUT2D eigenvalue weighted by atomic mass is 79.9. The smallest absolute Gasteiger partial charge is 0.264 e. The zero-order chi connectivity index (χ0) is 17.6. The first-order valence-electron chi connectivity index (χ1n) is 8.22. The van der Waals surface area contributed by atoms with E-state index in [-0.39, 0.29) is 11.8 Å². The van der Waals surface area contributed by atoms with Crippen molar-refractivity contribution in [2.75, 3.05) is 39.3 Å². The molecule has 3 rings (SSSR count). The van der Waals surface area contributed by atoms with Gasteiger partial charge >= 0.3 is 0 Å². The second-order valence-electron chi connectivity index (χ2n) is 5.88. The van der Waals surface area contributed by atoms with E-state index >= 15 is 0 Å². The first-order chi connectivity index (χ1) is 12.1. The highest BCUT2D eigenvalue weighted by Crippen LogP contribution is 2.14. The van der Waals surface area contributed by atoms with Crippen molar-refractivity contribution in [3.63, 3.8) is 0 Å². The third kappa shape index (κ3) is 4.90. The number of rotatable bonds is 5. The van der Waals surface area contributed by atoms with E-state index < -0.39 is 0 Å². The average Bonchev–Trinajstić information content (AvgIpc) is 3.16. The summed E-state index contributed by atoms with van der Waals surface area (Å²) in [6, 6.07) is 11.1. The van der Waals surface area contributed by atoms with Crippen LogP contribution in [0.25, 0.3) is 0 Å². The zero-order valence-corrected chi connectivity index (χ0v) is 16.2. The predicted molar refractivity (Wildman–Crippen MR) is 103 cm³/mol. The molecule has 7 heteroatoms. The molecule has 0 atom stereocenters. The number of carbonyl (C=O) groups excluding carboxylic acids is 2. The number of nitrogens with zero attached hydrogens (tertiary/aromatic N) is 2. The molecule has 0 aliphatic carbocycles. The second-order valence-corrected chi connectivity index (χ2v) is 7.74. The van der Waals surface area contributed by atoms with Gasteiger partial charge in [0.1, 0.15) is 0 Å². The molecule has 1 aromatic carbocycles. The number of halogens is 1. The van der Waals surface area contributed by atoms with Gasteiger partial charge in [0.15, 0.2) is 0 Å². The first-order valence-corrected chi connectivity index (χ1v) is 9.89. The third-order valence-corrected chi connectivity index (χ3v) is 5.54. The molecule has 2 amide bonds. The summed E-state index contributed by atoms with van der Waals surface area (Å²) in [5.74, 6) is 0.0606. The lowest BCUT2D eigenvalue weighted by Crippen LogP contribution is -2.50. The van der Waals surface area contributed by atoms with Gasteiger partial charge in [-0.2, -0.15) is 0 Å². The Hall–Kier alpha value is -1.70. The zero-order valence-electron chi connectivity index (χ0n) is 13.8. The predicted octanol–water partition coefficient (Wildman–Crippen LogP) is 2.70. The van der Waals surface area contributed by atoms with Crippen molar-refractivity contribution >= 4 is 39.1 Å². The Kier molecular flexibility index (Phi) is 6.23. The molecule has 0 bridgehead atoms. The SMILES string of the molecule is O=C(NCCN1CCN(C(=O)c2cccs2)CC1)c1cccc(Br)c1. The fourth-order valence-electron chi connectivity index (χ4n) is 2.79. The monoisotopic (exact) mass is 421 g/mol. The van der Waals surface area contributed by atoms with E-state index in [1.54, 1.807) is 6.07 Å². The molecule has 1 saturated heterocycles. The van der Waals surface area contributed by atoms with Crippen molar-refractivity contribution in [3.8, 4) is 0 Å². The lowest BCUT2D eigenvalue weighted by molar-refractivity contribution is 0.0643. The van der Waals surface area contributed by atoms with E-state index in [0.29, 0.717) is 12.1 Å². The van der Waals surface area contributed by atoms with Crippen LogP contribution in [0.5, 0.6) is 0 Å². The Balaban J connectivity index is 1.39. The molecule has 0 spiro atoms. The normalized spacial score (nSPS) is 15.2. The van der Waals surface area contributed by atoms with Gasteiger partial charge in [0.05, 0.1) is 4.88 Å². The molecule has 0 saturated carbocycles. The van der Waals surface area contributed by atoms with Gasteiger partial charge in [-0.3, -0.25) is 14.5 Å². The molecule has 1 aliphatic heterocycles. The molecule has 2 heterocycles. The third-order valence-electron chi connectivity index (χ3n) is 4.19. The summed E-state index contributed by atoms with van der Waals surface area (Å²) in [5, 5.41) is 4.88. The van der Waals surface area contributed by atoms with E-state index in [2.05, 4.69) is 26.1 Å². The van der Waals surface area contributed by atoms with Crippen LogP contribution in [0, 0.1) is 0 Å². The molecule has 25 heavy (non-hydrogen) atoms. The lowest BCUT2D eigenvalue weighted by atomic mass is 10.2. The van der Waals surface area contributed by atoms with Crippen LogP contribution in [0.1, 0.15) is 20.0 Å². The van der Waals surface area contributed by atoms with Crippen LogP contribution in [0.3, 0.4) is 0 Å². The minimum atomic E-state index is -0.0622. The Morgan fingerprint density at radius 1 is 1.12 bits per heavy atom. The Labute approximate surface area is 159 Å². The van der Waals surface area contributed by atoms with E-state index in [0.717, 1.165) is 42.1 Å². The Morgan fingerprint density at radius 3 is 2.60 bits per heavy atom. The van der Waals surface area contributed by atoms with Crippen molar-refractivity contribution < 1.29 is 9.59 Å². The number of carbonyl (C=O) groups is 2. The lowest BCUT2D eigenvalue weighted by Gasteiger charge is -2.34. The Morgan fingerprint density at radius 2 is 1.92 bits per heavy atom. The molecule has 1 aliphatic rings. The second kappa shape index (κ2) is 8.60. The van der Waals surface area contributed by atoms with Crippen LogP contribution in [-0.2, 0) is 0 Å². The maximum absolute atomic E-state index is 12.3. The van der Waals surface area contributed by atoms with Crippen LogP contribution < -0.4 is 5.32 Å². The van der Waals surface area contributed by atoms with Gasteiger partial charge < -0.3 is 10.2 Å². The molecule has 5 nitrogen and oxygen atoms in total. The maximum atomic E-state index is 12.3. The summed E-state index contributed by atoms with van der Waals surface area (Å²) < 4.78 is 0.895. The summed E-state index contributed by atoms with van der Waals surface area (Å²) in [5.41, 5.74) is 0.653. The fourth-order valence-corrected chi connectivity index (χ4v) is 3.88. The number of benzene rings is 1. The first kappa shape index (κ1) is 18.1. The van der Waals surface area contributed by atoms with E-state index in [4.69, 9.17) is 0 Å². The molecule has 0 unspecified atom stereocenters. The molecule has 1 aromatic heterocycles. The summed E-state index contributed by atoms with van der Waals surface area (Å²) in [6.07, 6.45) is 0. The average molecular weight is 422 g/mol. The van der Waals surface area contributed by atoms with Gasteiger partial charge in [-0.15, -0.1) is 11.3 Å². The maximum Gasteiger partial charge on any atom is 0.264 e. The summed E-state index contributed by atoms with van der Waals surface area (Å²) >= 11 is 4.86. The van der Waals surface area contributed by atoms with Gasteiger partial charge in [-0.1, -0.05) is 28.1 Å². The van der Waals surface area contributed by atoms with Gasteiger partial charge in [-0.05, 0) is 29.6 Å². The standard InChI is InChI=1S/C18H20BrN3O2S/c19-15-4-1-3-14(13-15)17(23)20-6-7-21-8-10-22(11-9-21)18(24)16-5-2-12-25-16/h1-5,12-13H,6-11H2,(H,20,23). The van der Waals surface area contributed by atoms with Crippen LogP contribution in [0.15, 0.2) is 46.3 Å². The van der Waals surface area contributed by atoms with Crippen molar-refractivity contribution in [1.82, 2.24) is 15.1 Å². The van der Waals surface area contributed by atoms with Crippen LogP contribution >= 0.6 is 27.3 Å². The summed E-state index contributed by atoms with van der Waals surface area (Å²) in [4.78, 5) is 29.4. The topological polar surface area (TPSA) is 52.7 Å². The Bertz CT molecular complexity index is 728. The molecule has 2 aromatic rings. The van der Waals surface area contributed by atoms with Gasteiger partial charge in [0, 0.05) is 49.3 Å². The minimum Gasteiger partial charge on any atom is -0.351 e. The van der Waals surface area contributed by atoms with Crippen molar-refractivity contribution in [2.45, 2.75) is 0 Å². The largest absolute Gasteiger partial charge is 0.351 e. The van der Waals surface area contributed by atoms with E-state index in [1.807, 2.05) is 40.6 Å². The minimum absolute atomic E-state index is 0.0622. The molecule has 1 N–H and O–H groups in total. The number of hydrogen-bond donors (Lipinski definition) is 1. The van der Waals surface area contributed by atoms with Crippen molar-refractivity contribution in [3.05, 3.63) is 56.7 Å². The summed E-state index contributed by atoms with van der Waals surface area (Å²) in [7, 11) is 0. The van der Waals surface area contributed by atoms with Crippen molar-refractivity contribution in [2.24, 2.45) is 0 Å². The molecular formula is C18H20BrN3O2S. The van der Waals surface area contributed by atoms with E-state index in [9.17, 15) is 9.59 Å². The quantitative estimate of drug-likeness (QED) is 0.807. The van der Waals surface area contributed by atoms with Gasteiger partial charge in [0.25, 0.3) is 11.8 Å². The highest BCUT2D eigenvalue weighted by Gasteiger charge is 2.22. The molecule has 132 valence electrons. The van der Waals surface area contributed by atoms with Gasteiger partial charge in [-0.25, -0.2) is 0 Å². The summed E-state index contributed by atoms with van der Waals surface area (Å²) in [6.45, 7) is 4.53. The number of piperazine rings is 1. The number of thiophene rings is 1. The van der Waals surface area contributed by atoms with Crippen LogP contribution in [0.4, 0.5) is 0 Å². The molecule has 0 radical (unpaired) electrons.